The van der Waals surface area contributed by atoms with E-state index in [0.29, 0.717) is 0 Å². The quantitative estimate of drug-likeness (QED) is 0.159. The molecule has 1 nitrogen and oxygen atoms in total. The van der Waals surface area contributed by atoms with E-state index in [1.807, 2.05) is 11.3 Å². The van der Waals surface area contributed by atoms with Crippen molar-refractivity contribution in [2.75, 3.05) is 4.90 Å². The summed E-state index contributed by atoms with van der Waals surface area (Å²) in [6.45, 7) is 0. The van der Waals surface area contributed by atoms with Gasteiger partial charge in [0.05, 0.1) is 16.8 Å². The Morgan fingerprint density at radius 3 is 1.47 bits per heavy atom. The summed E-state index contributed by atoms with van der Waals surface area (Å²) in [7, 11) is 0. The van der Waals surface area contributed by atoms with Gasteiger partial charge in [-0.25, -0.2) is 0 Å². The van der Waals surface area contributed by atoms with Crippen LogP contribution in [0.15, 0.2) is 237 Å². The van der Waals surface area contributed by atoms with Gasteiger partial charge in [-0.15, -0.1) is 11.3 Å². The Bertz CT molecular complexity index is 4520. The van der Waals surface area contributed by atoms with Crippen molar-refractivity contribution in [3.05, 3.63) is 270 Å². The van der Waals surface area contributed by atoms with Gasteiger partial charge in [0.1, 0.15) is 0 Å². The smallest absolute Gasteiger partial charge is 0.0726 e. The topological polar surface area (TPSA) is 3.24 Å². The molecule has 4 aliphatic carbocycles. The van der Waals surface area contributed by atoms with Crippen LogP contribution in [0.2, 0.25) is 0 Å². The van der Waals surface area contributed by atoms with E-state index in [2.05, 4.69) is 241 Å². The molecular weight excluding hydrogens is 923 g/mol. The molecule has 13 aromatic rings. The molecule has 1 heterocycles. The highest BCUT2D eigenvalue weighted by molar-refractivity contribution is 7.26. The fourth-order valence-corrected chi connectivity index (χ4v) is 16.6. The SMILES string of the molecule is c1ccc2c(c1)-c1cccc(N(c3ccc4c5ccccc5c5ccccc5c4c3)c3cc4c(cc3-c3cccc5c3sc3ccccc35)-c3ccccc3C43c4ccccc4-c4ccccc43)c1C21CCCCC1. The second-order valence-electron chi connectivity index (χ2n) is 21.6. The minimum atomic E-state index is -0.528. The lowest BCUT2D eigenvalue weighted by Gasteiger charge is -2.40. The van der Waals surface area contributed by atoms with E-state index in [1.165, 1.54) is 167 Å². The van der Waals surface area contributed by atoms with E-state index in [-0.39, 0.29) is 5.41 Å². The molecule has 0 atom stereocenters. The van der Waals surface area contributed by atoms with Gasteiger partial charge in [0.15, 0.2) is 0 Å². The molecule has 0 saturated heterocycles. The van der Waals surface area contributed by atoms with Gasteiger partial charge >= 0.3 is 0 Å². The molecule has 75 heavy (non-hydrogen) atoms. The van der Waals surface area contributed by atoms with Gasteiger partial charge in [0, 0.05) is 42.4 Å². The lowest BCUT2D eigenvalue weighted by Crippen LogP contribution is -2.30. The molecule has 1 saturated carbocycles. The summed E-state index contributed by atoms with van der Waals surface area (Å²) >= 11 is 1.93. The third-order valence-electron chi connectivity index (χ3n) is 18.2. The van der Waals surface area contributed by atoms with Gasteiger partial charge in [-0.3, -0.25) is 0 Å². The lowest BCUT2D eigenvalue weighted by atomic mass is 9.67. The average Bonchev–Trinajstić information content (AvgIpc) is 4.18. The first-order chi connectivity index (χ1) is 37.2. The standard InChI is InChI=1S/C73H49NS/c1-16-40-72(41-17-1)62-32-11-6-26-53(62)56-29-19-36-67(70(56)72)74(45-38-39-50-48-22-3-2-20-46(48)47-21-4-5-23-49(47)59(50)42-45)68-44-66-60(43-61(68)58-31-18-30-57-55-28-10-15-37-69(55)75-71(57)58)54-27-9-14-35-65(54)73(66)63-33-12-7-24-51(63)52-25-8-13-34-64(52)73/h2-15,18-39,42-44H,1,16-17,40-41H2. The fraction of sp³-hybridized carbons (Fsp3) is 0.0959. The summed E-state index contributed by atoms with van der Waals surface area (Å²) in [5.74, 6) is 0. The monoisotopic (exact) mass is 971 g/mol. The van der Waals surface area contributed by atoms with E-state index in [1.54, 1.807) is 0 Å². The molecule has 0 amide bonds. The summed E-state index contributed by atoms with van der Waals surface area (Å²) in [4.78, 5) is 2.75. The maximum absolute atomic E-state index is 2.75. The number of anilines is 3. The van der Waals surface area contributed by atoms with Crippen LogP contribution in [0.1, 0.15) is 65.5 Å². The Morgan fingerprint density at radius 2 is 0.800 bits per heavy atom. The number of hydrogen-bond acceptors (Lipinski definition) is 2. The van der Waals surface area contributed by atoms with E-state index < -0.39 is 5.41 Å². The molecule has 0 radical (unpaired) electrons. The van der Waals surface area contributed by atoms with E-state index in [4.69, 9.17) is 0 Å². The minimum Gasteiger partial charge on any atom is -0.310 e. The van der Waals surface area contributed by atoms with Gasteiger partial charge < -0.3 is 4.90 Å². The van der Waals surface area contributed by atoms with Crippen LogP contribution in [-0.2, 0) is 10.8 Å². The van der Waals surface area contributed by atoms with Crippen molar-refractivity contribution in [1.29, 1.82) is 0 Å². The van der Waals surface area contributed by atoms with Crippen molar-refractivity contribution in [3.63, 3.8) is 0 Å². The highest BCUT2D eigenvalue weighted by Gasteiger charge is 2.53. The molecule has 2 spiro atoms. The molecular formula is C73H49NS. The third-order valence-corrected chi connectivity index (χ3v) is 19.5. The Balaban J connectivity index is 1.06. The lowest BCUT2D eigenvalue weighted by molar-refractivity contribution is 0.353. The zero-order valence-corrected chi connectivity index (χ0v) is 42.2. The second-order valence-corrected chi connectivity index (χ2v) is 22.7. The van der Waals surface area contributed by atoms with Crippen LogP contribution in [0.4, 0.5) is 17.1 Å². The molecule has 0 bridgehead atoms. The molecule has 352 valence electrons. The van der Waals surface area contributed by atoms with Crippen molar-refractivity contribution in [2.24, 2.45) is 0 Å². The van der Waals surface area contributed by atoms with Gasteiger partial charge in [-0.05, 0) is 148 Å². The van der Waals surface area contributed by atoms with Gasteiger partial charge in [0.25, 0.3) is 0 Å². The summed E-state index contributed by atoms with van der Waals surface area (Å²) < 4.78 is 2.64. The zero-order chi connectivity index (χ0) is 49.0. The average molecular weight is 972 g/mol. The Kier molecular flexibility index (Phi) is 8.65. The van der Waals surface area contributed by atoms with Crippen molar-refractivity contribution in [2.45, 2.75) is 42.9 Å². The molecule has 0 aliphatic heterocycles. The predicted molar refractivity (Wildman–Crippen MR) is 318 cm³/mol. The number of hydrogen-bond donors (Lipinski definition) is 0. The van der Waals surface area contributed by atoms with Crippen LogP contribution >= 0.6 is 11.3 Å². The highest BCUT2D eigenvalue weighted by Crippen LogP contribution is 2.66. The summed E-state index contributed by atoms with van der Waals surface area (Å²) in [6.07, 6.45) is 5.99. The second kappa shape index (κ2) is 15.5. The summed E-state index contributed by atoms with van der Waals surface area (Å²) in [5.41, 5.74) is 21.9. The van der Waals surface area contributed by atoms with Gasteiger partial charge in [-0.2, -0.15) is 0 Å². The number of fused-ring (bicyclic) bond motifs is 24. The molecule has 17 rings (SSSR count). The maximum atomic E-state index is 2.75. The van der Waals surface area contributed by atoms with Gasteiger partial charge in [0.2, 0.25) is 0 Å². The maximum Gasteiger partial charge on any atom is 0.0726 e. The molecule has 0 N–H and O–H groups in total. The predicted octanol–water partition coefficient (Wildman–Crippen LogP) is 20.2. The largest absolute Gasteiger partial charge is 0.310 e. The number of rotatable bonds is 4. The first-order valence-corrected chi connectivity index (χ1v) is 27.8. The number of benzene rings is 12. The number of nitrogens with zero attached hydrogens (tertiary/aromatic N) is 1. The third kappa shape index (κ3) is 5.47. The van der Waals surface area contributed by atoms with Crippen LogP contribution in [0.3, 0.4) is 0 Å². The summed E-state index contributed by atoms with van der Waals surface area (Å²) in [5, 5.41) is 10.3. The first-order valence-electron chi connectivity index (χ1n) is 27.0. The molecule has 2 heteroatoms. The summed E-state index contributed by atoms with van der Waals surface area (Å²) in [6, 6.07) is 91.3. The van der Waals surface area contributed by atoms with Gasteiger partial charge in [-0.1, -0.05) is 219 Å². The van der Waals surface area contributed by atoms with Crippen molar-refractivity contribution >= 4 is 80.9 Å². The Labute approximate surface area is 440 Å². The van der Waals surface area contributed by atoms with Crippen molar-refractivity contribution in [3.8, 4) is 44.5 Å². The highest BCUT2D eigenvalue weighted by atomic mass is 32.1. The Hall–Kier alpha value is -8.56. The van der Waals surface area contributed by atoms with Crippen molar-refractivity contribution < 1.29 is 0 Å². The van der Waals surface area contributed by atoms with Crippen LogP contribution in [0, 0.1) is 0 Å². The fourth-order valence-electron chi connectivity index (χ4n) is 15.3. The number of thiophene rings is 1. The molecule has 1 aromatic heterocycles. The van der Waals surface area contributed by atoms with Crippen LogP contribution in [0.25, 0.3) is 97.0 Å². The molecule has 0 unspecified atom stereocenters. The minimum absolute atomic E-state index is 0.109. The first kappa shape index (κ1) is 41.9. The van der Waals surface area contributed by atoms with E-state index in [0.717, 1.165) is 12.8 Å². The zero-order valence-electron chi connectivity index (χ0n) is 41.4. The van der Waals surface area contributed by atoms with Crippen LogP contribution < -0.4 is 4.90 Å². The Morgan fingerprint density at radius 1 is 0.307 bits per heavy atom. The van der Waals surface area contributed by atoms with E-state index in [9.17, 15) is 0 Å². The normalized spacial score (nSPS) is 15.1. The van der Waals surface area contributed by atoms with Crippen LogP contribution in [0.5, 0.6) is 0 Å². The molecule has 1 fully saturated rings. The van der Waals surface area contributed by atoms with Crippen LogP contribution in [-0.4, -0.2) is 0 Å². The molecule has 12 aromatic carbocycles. The van der Waals surface area contributed by atoms with E-state index >= 15 is 0 Å². The molecule has 4 aliphatic rings. The van der Waals surface area contributed by atoms with Crippen molar-refractivity contribution in [1.82, 2.24) is 0 Å².